The summed E-state index contributed by atoms with van der Waals surface area (Å²) in [5.74, 6) is 0.512. The van der Waals surface area contributed by atoms with Gasteiger partial charge in [-0.1, -0.05) is 6.07 Å². The van der Waals surface area contributed by atoms with Crippen LogP contribution in [0.25, 0.3) is 38.9 Å². The number of hydrogen-bond donors (Lipinski definition) is 1. The van der Waals surface area contributed by atoms with Crippen molar-refractivity contribution in [3.05, 3.63) is 83.3 Å². The van der Waals surface area contributed by atoms with Crippen molar-refractivity contribution < 1.29 is 13.9 Å². The van der Waals surface area contributed by atoms with Gasteiger partial charge in [0.2, 0.25) is 11.8 Å². The number of likely N-dealkylation sites (tertiary alicyclic amines) is 1. The van der Waals surface area contributed by atoms with E-state index in [-0.39, 0.29) is 11.5 Å². The van der Waals surface area contributed by atoms with Crippen molar-refractivity contribution in [3.63, 3.8) is 0 Å². The largest absolute Gasteiger partial charge is 0.481 e. The molecule has 1 N–H and O–H groups in total. The number of nitrogens with one attached hydrogen (secondary N) is 1. The van der Waals surface area contributed by atoms with Crippen LogP contribution in [0.4, 0.5) is 5.69 Å². The minimum absolute atomic E-state index is 0.0321. The second-order valence-corrected chi connectivity index (χ2v) is 9.20. The Bertz CT molecular complexity index is 1650. The second-order valence-electron chi connectivity index (χ2n) is 9.20. The Labute approximate surface area is 213 Å². The van der Waals surface area contributed by atoms with E-state index >= 15 is 0 Å². The molecule has 8 nitrogen and oxygen atoms in total. The van der Waals surface area contributed by atoms with E-state index in [0.29, 0.717) is 40.5 Å². The van der Waals surface area contributed by atoms with Gasteiger partial charge in [0.25, 0.3) is 5.56 Å². The van der Waals surface area contributed by atoms with E-state index in [4.69, 9.17) is 9.15 Å². The van der Waals surface area contributed by atoms with Crippen molar-refractivity contribution in [1.82, 2.24) is 14.5 Å². The first-order chi connectivity index (χ1) is 18.1. The van der Waals surface area contributed by atoms with Gasteiger partial charge in [-0.05, 0) is 80.0 Å². The van der Waals surface area contributed by atoms with E-state index in [9.17, 15) is 9.59 Å². The monoisotopic (exact) mass is 494 g/mol. The molecule has 0 saturated carbocycles. The molecule has 8 heteroatoms. The maximum absolute atomic E-state index is 13.1. The van der Waals surface area contributed by atoms with Crippen molar-refractivity contribution in [2.24, 2.45) is 0 Å². The number of rotatable bonds is 6. The van der Waals surface area contributed by atoms with Crippen LogP contribution < -0.4 is 15.6 Å². The van der Waals surface area contributed by atoms with Crippen molar-refractivity contribution in [2.75, 3.05) is 32.1 Å². The van der Waals surface area contributed by atoms with Crippen LogP contribution in [0.1, 0.15) is 12.8 Å². The zero-order chi connectivity index (χ0) is 25.4. The van der Waals surface area contributed by atoms with Gasteiger partial charge in [0, 0.05) is 40.7 Å². The number of carbonyl (C=O) groups excluding carboxylic acids is 1. The summed E-state index contributed by atoms with van der Waals surface area (Å²) in [6.45, 7) is 2.33. The Morgan fingerprint density at radius 3 is 2.46 bits per heavy atom. The molecular weight excluding hydrogens is 468 g/mol. The molecule has 0 radical (unpaired) electrons. The minimum Gasteiger partial charge on any atom is -0.481 e. The fraction of sp³-hybridized carbons (Fsp3) is 0.207. The fourth-order valence-corrected chi connectivity index (χ4v) is 4.92. The van der Waals surface area contributed by atoms with Crippen LogP contribution in [-0.2, 0) is 4.79 Å². The Balaban J connectivity index is 1.36. The number of nitrogens with zero attached hydrogens (tertiary/aromatic N) is 3. The quantitative estimate of drug-likeness (QED) is 0.363. The average Bonchev–Trinajstić information content (AvgIpc) is 3.56. The molecule has 6 rings (SSSR count). The minimum atomic E-state index is -0.169. The summed E-state index contributed by atoms with van der Waals surface area (Å²) < 4.78 is 12.9. The van der Waals surface area contributed by atoms with E-state index < -0.39 is 0 Å². The van der Waals surface area contributed by atoms with Crippen molar-refractivity contribution >= 4 is 33.7 Å². The third-order valence-corrected chi connectivity index (χ3v) is 6.76. The summed E-state index contributed by atoms with van der Waals surface area (Å²) in [4.78, 5) is 32.0. The number of ether oxygens (including phenoxy) is 1. The molecule has 2 aromatic carbocycles. The molecule has 1 fully saturated rings. The summed E-state index contributed by atoms with van der Waals surface area (Å²) in [5, 5.41) is 3.78. The molecule has 4 heterocycles. The standard InChI is InChI=1S/C29H26N4O4/c1-36-27-12-5-20(17-30-27)19-4-10-24-23(16-19)29-25(37-24)11-13-28(35)33(29)22-8-6-21(7-9-22)31-26(34)18-32-14-2-3-15-32/h4-13,16-17H,2-3,14-15,18H2,1H3,(H,31,34). The molecule has 37 heavy (non-hydrogen) atoms. The van der Waals surface area contributed by atoms with Gasteiger partial charge in [-0.2, -0.15) is 0 Å². The SMILES string of the molecule is COc1ccc(-c2ccc3oc4ccc(=O)n(-c5ccc(NC(=O)CN6CCCC6)cc5)c4c3c2)cn1. The Kier molecular flexibility index (Phi) is 5.94. The number of pyridine rings is 2. The van der Waals surface area contributed by atoms with Gasteiger partial charge in [0.1, 0.15) is 11.1 Å². The van der Waals surface area contributed by atoms with Crippen molar-refractivity contribution in [1.29, 1.82) is 0 Å². The second kappa shape index (κ2) is 9.55. The first kappa shape index (κ1) is 23.0. The summed E-state index contributed by atoms with van der Waals surface area (Å²) >= 11 is 0. The Morgan fingerprint density at radius 1 is 0.973 bits per heavy atom. The van der Waals surface area contributed by atoms with E-state index in [2.05, 4.69) is 15.2 Å². The molecule has 0 spiro atoms. The van der Waals surface area contributed by atoms with E-state index in [0.717, 1.165) is 42.4 Å². The van der Waals surface area contributed by atoms with Crippen LogP contribution in [-0.4, -0.2) is 47.1 Å². The number of fused-ring (bicyclic) bond motifs is 3. The third kappa shape index (κ3) is 4.47. The number of benzene rings is 2. The third-order valence-electron chi connectivity index (χ3n) is 6.76. The lowest BCUT2D eigenvalue weighted by Crippen LogP contribution is -2.30. The highest BCUT2D eigenvalue weighted by atomic mass is 16.5. The molecule has 5 aromatic rings. The predicted molar refractivity (Wildman–Crippen MR) is 143 cm³/mol. The van der Waals surface area contributed by atoms with Crippen molar-refractivity contribution in [3.8, 4) is 22.7 Å². The highest BCUT2D eigenvalue weighted by Crippen LogP contribution is 2.33. The first-order valence-electron chi connectivity index (χ1n) is 12.3. The molecule has 1 amide bonds. The first-order valence-corrected chi connectivity index (χ1v) is 12.3. The molecule has 186 valence electrons. The molecule has 3 aromatic heterocycles. The molecule has 1 aliphatic heterocycles. The molecular formula is C29H26N4O4. The lowest BCUT2D eigenvalue weighted by Gasteiger charge is -2.14. The molecule has 0 bridgehead atoms. The molecule has 0 aliphatic carbocycles. The lowest BCUT2D eigenvalue weighted by atomic mass is 10.1. The number of amides is 1. The van der Waals surface area contributed by atoms with Gasteiger partial charge in [-0.25, -0.2) is 4.98 Å². The fourth-order valence-electron chi connectivity index (χ4n) is 4.92. The highest BCUT2D eigenvalue weighted by Gasteiger charge is 2.17. The molecule has 1 aliphatic rings. The number of furan rings is 1. The topological polar surface area (TPSA) is 89.6 Å². The normalized spacial score (nSPS) is 13.9. The number of anilines is 1. The van der Waals surface area contributed by atoms with Gasteiger partial charge >= 0.3 is 0 Å². The molecule has 0 atom stereocenters. The van der Waals surface area contributed by atoms with E-state index in [1.807, 2.05) is 54.6 Å². The average molecular weight is 495 g/mol. The van der Waals surface area contributed by atoms with Gasteiger partial charge < -0.3 is 14.5 Å². The van der Waals surface area contributed by atoms with Gasteiger partial charge in [-0.15, -0.1) is 0 Å². The van der Waals surface area contributed by atoms with Crippen LogP contribution in [0.2, 0.25) is 0 Å². The highest BCUT2D eigenvalue weighted by molar-refractivity contribution is 6.05. The van der Waals surface area contributed by atoms with Crippen LogP contribution in [0, 0.1) is 0 Å². The molecule has 1 saturated heterocycles. The van der Waals surface area contributed by atoms with Crippen LogP contribution in [0.3, 0.4) is 0 Å². The predicted octanol–water partition coefficient (Wildman–Crippen LogP) is 4.84. The summed E-state index contributed by atoms with van der Waals surface area (Å²) in [6.07, 6.45) is 4.04. The number of carbonyl (C=O) groups is 1. The van der Waals surface area contributed by atoms with Gasteiger partial charge in [0.15, 0.2) is 5.58 Å². The number of methoxy groups -OCH3 is 1. The summed E-state index contributed by atoms with van der Waals surface area (Å²) in [6, 6.07) is 20.2. The van der Waals surface area contributed by atoms with Gasteiger partial charge in [0.05, 0.1) is 13.7 Å². The van der Waals surface area contributed by atoms with E-state index in [1.54, 1.807) is 23.9 Å². The van der Waals surface area contributed by atoms with Crippen molar-refractivity contribution in [2.45, 2.75) is 12.8 Å². The zero-order valence-electron chi connectivity index (χ0n) is 20.4. The summed E-state index contributed by atoms with van der Waals surface area (Å²) in [7, 11) is 1.58. The maximum Gasteiger partial charge on any atom is 0.255 e. The summed E-state index contributed by atoms with van der Waals surface area (Å²) in [5.41, 5.74) is 5.08. The van der Waals surface area contributed by atoms with Crippen LogP contribution >= 0.6 is 0 Å². The lowest BCUT2D eigenvalue weighted by molar-refractivity contribution is -0.117. The van der Waals surface area contributed by atoms with Gasteiger partial charge in [-0.3, -0.25) is 19.1 Å². The van der Waals surface area contributed by atoms with E-state index in [1.165, 1.54) is 6.07 Å². The smallest absolute Gasteiger partial charge is 0.255 e. The maximum atomic E-state index is 13.1. The Hall–Kier alpha value is -4.43. The van der Waals surface area contributed by atoms with Crippen LogP contribution in [0.5, 0.6) is 5.88 Å². The number of aromatic nitrogens is 2. The Morgan fingerprint density at radius 2 is 1.73 bits per heavy atom. The number of hydrogen-bond acceptors (Lipinski definition) is 6. The van der Waals surface area contributed by atoms with Crippen LogP contribution in [0.15, 0.2) is 82.1 Å². The molecule has 0 unspecified atom stereocenters. The zero-order valence-corrected chi connectivity index (χ0v) is 20.4.